The lowest BCUT2D eigenvalue weighted by Crippen LogP contribution is -2.60. The second-order valence-electron chi connectivity index (χ2n) is 12.9. The number of halogens is 3. The Morgan fingerprint density at radius 3 is 2.00 bits per heavy atom. The molecule has 1 rings (SSSR count). The standard InChI is InChI=1S/C25H43F3N4O4/c1-14(12-15-10-11-24(8,9)32-18(15)33)29-19(34)16(13-22(2,3)4)30-20(35)17(23(5,6)7)31-21(36)25(26,27)28/h14-17H,10-13H2,1-9H3,(H,29,34)(H,30,35)(H,31,36)(H,32,33)/t14-,15+,16+,17-/m1/s1. The average Bonchev–Trinajstić information content (AvgIpc) is 2.64. The number of piperidine rings is 1. The first-order valence-electron chi connectivity index (χ1n) is 12.3. The summed E-state index contributed by atoms with van der Waals surface area (Å²) in [5, 5.41) is 10.1. The van der Waals surface area contributed by atoms with Gasteiger partial charge in [-0.1, -0.05) is 41.5 Å². The zero-order valence-electron chi connectivity index (χ0n) is 22.9. The largest absolute Gasteiger partial charge is 0.471 e. The number of carbonyl (C=O) groups is 4. The second kappa shape index (κ2) is 11.4. The molecule has 0 saturated carbocycles. The van der Waals surface area contributed by atoms with Crippen molar-refractivity contribution in [2.45, 2.75) is 118 Å². The molecule has 0 aromatic rings. The van der Waals surface area contributed by atoms with Gasteiger partial charge in [0.2, 0.25) is 17.7 Å². The molecule has 0 radical (unpaired) electrons. The normalized spacial score (nSPS) is 21.0. The molecule has 1 aliphatic rings. The van der Waals surface area contributed by atoms with E-state index in [1.54, 1.807) is 12.2 Å². The number of amides is 4. The quantitative estimate of drug-likeness (QED) is 0.393. The lowest BCUT2D eigenvalue weighted by molar-refractivity contribution is -0.175. The summed E-state index contributed by atoms with van der Waals surface area (Å²) in [4.78, 5) is 50.2. The Bertz CT molecular complexity index is 829. The van der Waals surface area contributed by atoms with Crippen molar-refractivity contribution in [3.8, 4) is 0 Å². The average molecular weight is 521 g/mol. The number of rotatable bonds is 8. The van der Waals surface area contributed by atoms with Gasteiger partial charge >= 0.3 is 12.1 Å². The predicted molar refractivity (Wildman–Crippen MR) is 131 cm³/mol. The highest BCUT2D eigenvalue weighted by molar-refractivity contribution is 5.93. The monoisotopic (exact) mass is 520 g/mol. The van der Waals surface area contributed by atoms with Crippen molar-refractivity contribution in [1.82, 2.24) is 21.3 Å². The van der Waals surface area contributed by atoms with Crippen LogP contribution in [0.4, 0.5) is 13.2 Å². The number of alkyl halides is 3. The van der Waals surface area contributed by atoms with Crippen LogP contribution in [0.1, 0.15) is 88.0 Å². The van der Waals surface area contributed by atoms with E-state index in [1.165, 1.54) is 20.8 Å². The van der Waals surface area contributed by atoms with Gasteiger partial charge in [-0.2, -0.15) is 13.2 Å². The molecule has 4 atom stereocenters. The Hall–Kier alpha value is -2.33. The molecule has 4 N–H and O–H groups in total. The lowest BCUT2D eigenvalue weighted by atomic mass is 9.83. The third-order valence-electron chi connectivity index (χ3n) is 6.09. The van der Waals surface area contributed by atoms with Crippen LogP contribution in [-0.2, 0) is 19.2 Å². The highest BCUT2D eigenvalue weighted by atomic mass is 19.4. The number of hydrogen-bond acceptors (Lipinski definition) is 4. The molecule has 1 aliphatic heterocycles. The maximum Gasteiger partial charge on any atom is 0.471 e. The van der Waals surface area contributed by atoms with E-state index in [-0.39, 0.29) is 29.8 Å². The molecule has 0 unspecified atom stereocenters. The topological polar surface area (TPSA) is 116 Å². The van der Waals surface area contributed by atoms with Crippen LogP contribution in [0.3, 0.4) is 0 Å². The maximum atomic E-state index is 13.2. The predicted octanol–water partition coefficient (Wildman–Crippen LogP) is 3.20. The lowest BCUT2D eigenvalue weighted by Gasteiger charge is -2.36. The Labute approximate surface area is 212 Å². The summed E-state index contributed by atoms with van der Waals surface area (Å²) >= 11 is 0. The fraction of sp³-hybridized carbons (Fsp3) is 0.840. The molecule has 1 saturated heterocycles. The summed E-state index contributed by atoms with van der Waals surface area (Å²) < 4.78 is 38.5. The first-order valence-corrected chi connectivity index (χ1v) is 12.3. The molecule has 0 aliphatic carbocycles. The molecule has 36 heavy (non-hydrogen) atoms. The van der Waals surface area contributed by atoms with Crippen LogP contribution in [0.25, 0.3) is 0 Å². The summed E-state index contributed by atoms with van der Waals surface area (Å²) in [6.45, 7) is 15.8. The summed E-state index contributed by atoms with van der Waals surface area (Å²) in [6, 6.07) is -2.95. The minimum absolute atomic E-state index is 0.0691. The zero-order valence-corrected chi connectivity index (χ0v) is 22.9. The highest BCUT2D eigenvalue weighted by Crippen LogP contribution is 2.27. The van der Waals surface area contributed by atoms with Gasteiger partial charge in [0.05, 0.1) is 0 Å². The van der Waals surface area contributed by atoms with Crippen molar-refractivity contribution < 1.29 is 32.3 Å². The van der Waals surface area contributed by atoms with Crippen LogP contribution >= 0.6 is 0 Å². The molecule has 8 nitrogen and oxygen atoms in total. The summed E-state index contributed by atoms with van der Waals surface area (Å²) in [6.07, 6.45) is -3.03. The molecule has 0 bridgehead atoms. The Morgan fingerprint density at radius 2 is 1.56 bits per heavy atom. The van der Waals surface area contributed by atoms with Crippen molar-refractivity contribution in [3.05, 3.63) is 0 Å². The minimum atomic E-state index is -5.15. The fourth-order valence-corrected chi connectivity index (χ4v) is 4.18. The molecule has 208 valence electrons. The van der Waals surface area contributed by atoms with Gasteiger partial charge in [-0.25, -0.2) is 0 Å². The maximum absolute atomic E-state index is 13.2. The molecule has 1 heterocycles. The van der Waals surface area contributed by atoms with E-state index in [9.17, 15) is 32.3 Å². The van der Waals surface area contributed by atoms with Gasteiger partial charge in [0.25, 0.3) is 0 Å². The SMILES string of the molecule is C[C@H](C[C@@H]1CCC(C)(C)NC1=O)NC(=O)[C@H](CC(C)(C)C)NC(=O)[C@@H](NC(=O)C(F)(F)F)C(C)(C)C. The number of carbonyl (C=O) groups excluding carboxylic acids is 4. The van der Waals surface area contributed by atoms with Crippen LogP contribution in [0.15, 0.2) is 0 Å². The smallest absolute Gasteiger partial charge is 0.352 e. The third-order valence-corrected chi connectivity index (χ3v) is 6.09. The van der Waals surface area contributed by atoms with E-state index in [2.05, 4.69) is 16.0 Å². The van der Waals surface area contributed by atoms with Gasteiger partial charge < -0.3 is 21.3 Å². The van der Waals surface area contributed by atoms with Gasteiger partial charge in [0.15, 0.2) is 0 Å². The highest BCUT2D eigenvalue weighted by Gasteiger charge is 2.44. The molecule has 4 amide bonds. The van der Waals surface area contributed by atoms with Crippen molar-refractivity contribution in [1.29, 1.82) is 0 Å². The van der Waals surface area contributed by atoms with E-state index >= 15 is 0 Å². The van der Waals surface area contributed by atoms with Crippen LogP contribution in [0.5, 0.6) is 0 Å². The zero-order chi connectivity index (χ0) is 28.3. The van der Waals surface area contributed by atoms with Crippen LogP contribution in [0, 0.1) is 16.7 Å². The third kappa shape index (κ3) is 10.3. The van der Waals surface area contributed by atoms with Gasteiger partial charge in [-0.05, 0) is 57.3 Å². The second-order valence-corrected chi connectivity index (χ2v) is 12.9. The molecular formula is C25H43F3N4O4. The van der Waals surface area contributed by atoms with Crippen molar-refractivity contribution in [2.75, 3.05) is 0 Å². The van der Waals surface area contributed by atoms with Crippen molar-refractivity contribution in [3.63, 3.8) is 0 Å². The minimum Gasteiger partial charge on any atom is -0.352 e. The van der Waals surface area contributed by atoms with E-state index in [1.807, 2.05) is 34.6 Å². The fourth-order valence-electron chi connectivity index (χ4n) is 4.18. The molecular weight excluding hydrogens is 477 g/mol. The Kier molecular flexibility index (Phi) is 10.0. The molecule has 0 aromatic heterocycles. The summed E-state index contributed by atoms with van der Waals surface area (Å²) in [5.41, 5.74) is -1.73. The van der Waals surface area contributed by atoms with Crippen molar-refractivity contribution in [2.24, 2.45) is 16.7 Å². The van der Waals surface area contributed by atoms with Crippen molar-refractivity contribution >= 4 is 23.6 Å². The number of hydrogen-bond donors (Lipinski definition) is 4. The summed E-state index contributed by atoms with van der Waals surface area (Å²) in [5.74, 6) is -3.94. The molecule has 11 heteroatoms. The Balaban J connectivity index is 2.97. The first kappa shape index (κ1) is 31.7. The van der Waals surface area contributed by atoms with E-state index in [0.717, 1.165) is 6.42 Å². The summed E-state index contributed by atoms with van der Waals surface area (Å²) in [7, 11) is 0. The van der Waals surface area contributed by atoms with Crippen LogP contribution in [0.2, 0.25) is 0 Å². The van der Waals surface area contributed by atoms with Gasteiger partial charge in [0, 0.05) is 17.5 Å². The molecule has 1 fully saturated rings. The van der Waals surface area contributed by atoms with E-state index in [0.29, 0.717) is 12.8 Å². The first-order chi connectivity index (χ1) is 16.0. The van der Waals surface area contributed by atoms with Gasteiger partial charge in [0.1, 0.15) is 12.1 Å². The van der Waals surface area contributed by atoms with E-state index in [4.69, 9.17) is 0 Å². The number of nitrogens with one attached hydrogen (secondary N) is 4. The van der Waals surface area contributed by atoms with E-state index < -0.39 is 46.8 Å². The van der Waals surface area contributed by atoms with Gasteiger partial charge in [-0.3, -0.25) is 19.2 Å². The molecule has 0 aromatic carbocycles. The molecule has 0 spiro atoms. The van der Waals surface area contributed by atoms with Crippen LogP contribution in [-0.4, -0.2) is 53.5 Å². The van der Waals surface area contributed by atoms with Crippen LogP contribution < -0.4 is 21.3 Å². The van der Waals surface area contributed by atoms with Gasteiger partial charge in [-0.15, -0.1) is 0 Å². The Morgan fingerprint density at radius 1 is 1.00 bits per heavy atom.